The van der Waals surface area contributed by atoms with Gasteiger partial charge in [-0.25, -0.2) is 4.39 Å². The highest BCUT2D eigenvalue weighted by Gasteiger charge is 2.03. The normalized spacial score (nSPS) is 11.9. The van der Waals surface area contributed by atoms with Crippen molar-refractivity contribution in [3.8, 4) is 6.07 Å². The van der Waals surface area contributed by atoms with Crippen LogP contribution in [0.25, 0.3) is 0 Å². The van der Waals surface area contributed by atoms with Gasteiger partial charge in [-0.1, -0.05) is 0 Å². The van der Waals surface area contributed by atoms with Crippen molar-refractivity contribution in [1.29, 1.82) is 5.26 Å². The third-order valence-corrected chi connectivity index (χ3v) is 1.72. The molecular weight excluding hydrogens is 181 g/mol. The van der Waals surface area contributed by atoms with Crippen LogP contribution in [0.3, 0.4) is 0 Å². The number of nitriles is 1. The van der Waals surface area contributed by atoms with Gasteiger partial charge < -0.3 is 11.1 Å². The molecule has 0 saturated heterocycles. The summed E-state index contributed by atoms with van der Waals surface area (Å²) >= 11 is 0. The molecule has 0 amide bonds. The number of hydrogen-bond acceptors (Lipinski definition) is 3. The SMILES string of the molecule is CC(N)CNc1ccc(F)cc1C#N. The number of halogens is 1. The van der Waals surface area contributed by atoms with Gasteiger partial charge in [0.1, 0.15) is 11.9 Å². The predicted octanol–water partition coefficient (Wildman–Crippen LogP) is 1.46. The summed E-state index contributed by atoms with van der Waals surface area (Å²) in [6, 6.07) is 5.95. The summed E-state index contributed by atoms with van der Waals surface area (Å²) in [7, 11) is 0. The average Bonchev–Trinajstić information content (AvgIpc) is 2.15. The molecule has 0 heterocycles. The summed E-state index contributed by atoms with van der Waals surface area (Å²) in [5.41, 5.74) is 6.46. The Labute approximate surface area is 82.3 Å². The van der Waals surface area contributed by atoms with Crippen molar-refractivity contribution in [3.05, 3.63) is 29.6 Å². The van der Waals surface area contributed by atoms with E-state index < -0.39 is 5.82 Å². The molecular formula is C10H12FN3. The molecule has 0 radical (unpaired) electrons. The fourth-order valence-corrected chi connectivity index (χ4v) is 1.03. The molecule has 0 aliphatic rings. The molecule has 1 aromatic carbocycles. The summed E-state index contributed by atoms with van der Waals surface area (Å²) in [6.45, 7) is 2.41. The number of nitrogens with one attached hydrogen (secondary N) is 1. The second-order valence-corrected chi connectivity index (χ2v) is 3.16. The molecule has 1 aromatic rings. The first-order chi connectivity index (χ1) is 6.63. The van der Waals surface area contributed by atoms with Gasteiger partial charge in [0.05, 0.1) is 11.3 Å². The van der Waals surface area contributed by atoms with Gasteiger partial charge in [0.2, 0.25) is 0 Å². The molecule has 1 unspecified atom stereocenters. The van der Waals surface area contributed by atoms with Crippen LogP contribution >= 0.6 is 0 Å². The van der Waals surface area contributed by atoms with E-state index in [1.807, 2.05) is 13.0 Å². The monoisotopic (exact) mass is 193 g/mol. The Hall–Kier alpha value is -1.60. The topological polar surface area (TPSA) is 61.8 Å². The minimum absolute atomic E-state index is 0.00778. The first-order valence-electron chi connectivity index (χ1n) is 4.32. The van der Waals surface area contributed by atoms with Gasteiger partial charge >= 0.3 is 0 Å². The molecule has 0 aliphatic heterocycles. The zero-order chi connectivity index (χ0) is 10.6. The van der Waals surface area contributed by atoms with Crippen LogP contribution in [-0.4, -0.2) is 12.6 Å². The Kier molecular flexibility index (Phi) is 3.43. The zero-order valence-corrected chi connectivity index (χ0v) is 7.92. The van der Waals surface area contributed by atoms with Crippen LogP contribution in [0.15, 0.2) is 18.2 Å². The van der Waals surface area contributed by atoms with Gasteiger partial charge in [0.15, 0.2) is 0 Å². The number of hydrogen-bond donors (Lipinski definition) is 2. The van der Waals surface area contributed by atoms with Gasteiger partial charge in [0.25, 0.3) is 0 Å². The Balaban J connectivity index is 2.82. The number of nitrogens with two attached hydrogens (primary N) is 1. The summed E-state index contributed by atoms with van der Waals surface area (Å²) in [5, 5.41) is 11.7. The first-order valence-corrected chi connectivity index (χ1v) is 4.32. The van der Waals surface area contributed by atoms with Crippen molar-refractivity contribution < 1.29 is 4.39 Å². The first kappa shape index (κ1) is 10.5. The molecule has 0 aromatic heterocycles. The molecule has 0 aliphatic carbocycles. The quantitative estimate of drug-likeness (QED) is 0.763. The molecule has 0 spiro atoms. The zero-order valence-electron chi connectivity index (χ0n) is 7.92. The second kappa shape index (κ2) is 4.58. The summed E-state index contributed by atoms with van der Waals surface area (Å²) in [5.74, 6) is -0.409. The van der Waals surface area contributed by atoms with Crippen LogP contribution in [-0.2, 0) is 0 Å². The maximum Gasteiger partial charge on any atom is 0.124 e. The Morgan fingerprint density at radius 3 is 2.93 bits per heavy atom. The van der Waals surface area contributed by atoms with E-state index in [0.717, 1.165) is 0 Å². The maximum absolute atomic E-state index is 12.7. The number of rotatable bonds is 3. The minimum atomic E-state index is -0.409. The van der Waals surface area contributed by atoms with E-state index in [0.29, 0.717) is 17.8 Å². The average molecular weight is 193 g/mol. The standard InChI is InChI=1S/C10H12FN3/c1-7(13)6-14-10-3-2-9(11)4-8(10)5-12/h2-4,7,14H,6,13H2,1H3. The molecule has 3 nitrogen and oxygen atoms in total. The number of anilines is 1. The van der Waals surface area contributed by atoms with E-state index >= 15 is 0 Å². The van der Waals surface area contributed by atoms with Gasteiger partial charge in [-0.15, -0.1) is 0 Å². The molecule has 3 N–H and O–H groups in total. The largest absolute Gasteiger partial charge is 0.382 e. The highest BCUT2D eigenvalue weighted by molar-refractivity contribution is 5.57. The highest BCUT2D eigenvalue weighted by atomic mass is 19.1. The van der Waals surface area contributed by atoms with Gasteiger partial charge in [-0.3, -0.25) is 0 Å². The van der Waals surface area contributed by atoms with Crippen molar-refractivity contribution in [3.63, 3.8) is 0 Å². The molecule has 0 saturated carbocycles. The lowest BCUT2D eigenvalue weighted by Crippen LogP contribution is -2.25. The van der Waals surface area contributed by atoms with Crippen LogP contribution in [0.2, 0.25) is 0 Å². The Morgan fingerprint density at radius 2 is 2.36 bits per heavy atom. The Bertz CT molecular complexity index is 355. The molecule has 1 rings (SSSR count). The number of benzene rings is 1. The van der Waals surface area contributed by atoms with Crippen LogP contribution in [0.5, 0.6) is 0 Å². The van der Waals surface area contributed by atoms with E-state index in [4.69, 9.17) is 11.0 Å². The van der Waals surface area contributed by atoms with E-state index in [-0.39, 0.29) is 6.04 Å². The van der Waals surface area contributed by atoms with E-state index in [1.54, 1.807) is 0 Å². The summed E-state index contributed by atoms with van der Waals surface area (Å²) in [4.78, 5) is 0. The Morgan fingerprint density at radius 1 is 1.64 bits per heavy atom. The van der Waals surface area contributed by atoms with Crippen molar-refractivity contribution in [2.75, 3.05) is 11.9 Å². The van der Waals surface area contributed by atoms with Crippen molar-refractivity contribution in [2.45, 2.75) is 13.0 Å². The number of nitrogens with zero attached hydrogens (tertiary/aromatic N) is 1. The lowest BCUT2D eigenvalue weighted by molar-refractivity contribution is 0.627. The minimum Gasteiger partial charge on any atom is -0.382 e. The maximum atomic E-state index is 12.7. The van der Waals surface area contributed by atoms with E-state index in [2.05, 4.69) is 5.32 Å². The fraction of sp³-hybridized carbons (Fsp3) is 0.300. The van der Waals surface area contributed by atoms with E-state index in [1.165, 1.54) is 18.2 Å². The van der Waals surface area contributed by atoms with Crippen LogP contribution in [0, 0.1) is 17.1 Å². The fourth-order valence-electron chi connectivity index (χ4n) is 1.03. The summed E-state index contributed by atoms with van der Waals surface area (Å²) in [6.07, 6.45) is 0. The van der Waals surface area contributed by atoms with Gasteiger partial charge in [-0.05, 0) is 25.1 Å². The van der Waals surface area contributed by atoms with Crippen LogP contribution in [0.1, 0.15) is 12.5 Å². The van der Waals surface area contributed by atoms with Crippen LogP contribution < -0.4 is 11.1 Å². The van der Waals surface area contributed by atoms with Gasteiger partial charge in [-0.2, -0.15) is 5.26 Å². The highest BCUT2D eigenvalue weighted by Crippen LogP contribution is 2.15. The lowest BCUT2D eigenvalue weighted by Gasteiger charge is -2.10. The molecule has 1 atom stereocenters. The van der Waals surface area contributed by atoms with E-state index in [9.17, 15) is 4.39 Å². The molecule has 74 valence electrons. The third-order valence-electron chi connectivity index (χ3n) is 1.72. The van der Waals surface area contributed by atoms with Crippen LogP contribution in [0.4, 0.5) is 10.1 Å². The third kappa shape index (κ3) is 2.71. The van der Waals surface area contributed by atoms with Crippen molar-refractivity contribution >= 4 is 5.69 Å². The summed E-state index contributed by atoms with van der Waals surface area (Å²) < 4.78 is 12.7. The smallest absolute Gasteiger partial charge is 0.124 e. The second-order valence-electron chi connectivity index (χ2n) is 3.16. The van der Waals surface area contributed by atoms with Gasteiger partial charge in [0, 0.05) is 12.6 Å². The molecule has 0 bridgehead atoms. The molecule has 0 fully saturated rings. The lowest BCUT2D eigenvalue weighted by atomic mass is 10.2. The molecule has 4 heteroatoms. The molecule has 14 heavy (non-hydrogen) atoms. The predicted molar refractivity (Wildman–Crippen MR) is 53.3 cm³/mol. The van der Waals surface area contributed by atoms with Crippen molar-refractivity contribution in [1.82, 2.24) is 0 Å². The van der Waals surface area contributed by atoms with Crippen molar-refractivity contribution in [2.24, 2.45) is 5.73 Å².